The molecule has 6 nitrogen and oxygen atoms in total. The minimum Gasteiger partial charge on any atom is -0.478 e. The monoisotopic (exact) mass is 264 g/mol. The lowest BCUT2D eigenvalue weighted by molar-refractivity contribution is -0.121. The molecule has 1 aromatic heterocycles. The summed E-state index contributed by atoms with van der Waals surface area (Å²) in [4.78, 5) is 20.1. The van der Waals surface area contributed by atoms with Gasteiger partial charge in [-0.05, 0) is 33.6 Å². The van der Waals surface area contributed by atoms with Gasteiger partial charge in [0, 0.05) is 6.04 Å². The van der Waals surface area contributed by atoms with Crippen LogP contribution in [0.4, 0.5) is 5.82 Å². The highest BCUT2D eigenvalue weighted by Gasteiger charge is 2.26. The minimum atomic E-state index is -0.330. The molecule has 104 valence electrons. The Morgan fingerprint density at radius 2 is 2.26 bits per heavy atom. The first-order valence-corrected chi connectivity index (χ1v) is 6.63. The molecule has 2 N–H and O–H groups in total. The number of hydrogen-bond acceptors (Lipinski definition) is 5. The van der Waals surface area contributed by atoms with Gasteiger partial charge < -0.3 is 15.4 Å². The molecule has 1 aliphatic rings. The fourth-order valence-corrected chi connectivity index (χ4v) is 1.69. The maximum atomic E-state index is 11.9. The van der Waals surface area contributed by atoms with E-state index in [4.69, 9.17) is 4.74 Å². The zero-order valence-corrected chi connectivity index (χ0v) is 11.6. The number of anilines is 1. The lowest BCUT2D eigenvalue weighted by Crippen LogP contribution is -2.39. The molecule has 0 aromatic carbocycles. The van der Waals surface area contributed by atoms with Crippen molar-refractivity contribution in [2.24, 2.45) is 0 Å². The molecule has 1 heterocycles. The highest BCUT2D eigenvalue weighted by Crippen LogP contribution is 2.22. The normalized spacial score (nSPS) is 15.7. The largest absolute Gasteiger partial charge is 0.478 e. The molecular weight excluding hydrogens is 244 g/mol. The quantitative estimate of drug-likeness (QED) is 0.809. The lowest BCUT2D eigenvalue weighted by Gasteiger charge is -2.16. The van der Waals surface area contributed by atoms with Crippen LogP contribution in [0.25, 0.3) is 0 Å². The van der Waals surface area contributed by atoms with Crippen molar-refractivity contribution in [1.82, 2.24) is 15.3 Å². The Labute approximate surface area is 113 Å². The van der Waals surface area contributed by atoms with E-state index in [0.717, 1.165) is 18.4 Å². The van der Waals surface area contributed by atoms with Crippen LogP contribution in [-0.4, -0.2) is 34.6 Å². The summed E-state index contributed by atoms with van der Waals surface area (Å²) in [5.74, 6) is 1.19. The van der Waals surface area contributed by atoms with Crippen LogP contribution in [0.1, 0.15) is 32.3 Å². The number of carbonyl (C=O) groups excluding carboxylic acids is 1. The molecule has 0 radical (unpaired) electrons. The van der Waals surface area contributed by atoms with E-state index in [0.29, 0.717) is 24.3 Å². The van der Waals surface area contributed by atoms with Crippen LogP contribution in [0.3, 0.4) is 0 Å². The SMILES string of the molecule is CCOc1ncnc(NC(C)C(=O)NC2CC2)c1C. The number of carbonyl (C=O) groups is 1. The number of rotatable bonds is 6. The van der Waals surface area contributed by atoms with Crippen molar-refractivity contribution < 1.29 is 9.53 Å². The second-order valence-electron chi connectivity index (χ2n) is 4.73. The van der Waals surface area contributed by atoms with Crippen molar-refractivity contribution in [2.45, 2.75) is 45.7 Å². The third kappa shape index (κ3) is 3.56. The summed E-state index contributed by atoms with van der Waals surface area (Å²) in [6.45, 7) is 6.15. The van der Waals surface area contributed by atoms with E-state index >= 15 is 0 Å². The van der Waals surface area contributed by atoms with Crippen molar-refractivity contribution in [3.63, 3.8) is 0 Å². The summed E-state index contributed by atoms with van der Waals surface area (Å²) in [6, 6.07) is 0.0332. The van der Waals surface area contributed by atoms with Crippen LogP contribution in [0.5, 0.6) is 5.88 Å². The summed E-state index contributed by atoms with van der Waals surface area (Å²) >= 11 is 0. The summed E-state index contributed by atoms with van der Waals surface area (Å²) in [5, 5.41) is 6.06. The smallest absolute Gasteiger partial charge is 0.242 e. The lowest BCUT2D eigenvalue weighted by atomic mass is 10.2. The van der Waals surface area contributed by atoms with Gasteiger partial charge in [0.1, 0.15) is 18.2 Å². The summed E-state index contributed by atoms with van der Waals surface area (Å²) in [7, 11) is 0. The minimum absolute atomic E-state index is 0.00141. The molecule has 1 fully saturated rings. The molecule has 0 bridgehead atoms. The summed E-state index contributed by atoms with van der Waals surface area (Å²) in [5.41, 5.74) is 0.815. The van der Waals surface area contributed by atoms with Gasteiger partial charge in [-0.25, -0.2) is 9.97 Å². The van der Waals surface area contributed by atoms with Gasteiger partial charge in [-0.1, -0.05) is 0 Å². The third-order valence-corrected chi connectivity index (χ3v) is 2.99. The molecule has 1 aliphatic carbocycles. The van der Waals surface area contributed by atoms with E-state index in [9.17, 15) is 4.79 Å². The van der Waals surface area contributed by atoms with E-state index in [2.05, 4.69) is 20.6 Å². The Bertz CT molecular complexity index is 460. The Balaban J connectivity index is 2.00. The second-order valence-corrected chi connectivity index (χ2v) is 4.73. The molecule has 1 amide bonds. The highest BCUT2D eigenvalue weighted by molar-refractivity contribution is 5.84. The molecule has 19 heavy (non-hydrogen) atoms. The molecule has 1 atom stereocenters. The van der Waals surface area contributed by atoms with Crippen LogP contribution < -0.4 is 15.4 Å². The fourth-order valence-electron chi connectivity index (χ4n) is 1.69. The maximum Gasteiger partial charge on any atom is 0.242 e. The number of amides is 1. The Hall–Kier alpha value is -1.85. The van der Waals surface area contributed by atoms with Crippen molar-refractivity contribution in [2.75, 3.05) is 11.9 Å². The zero-order valence-electron chi connectivity index (χ0n) is 11.6. The molecule has 0 spiro atoms. The van der Waals surface area contributed by atoms with Crippen molar-refractivity contribution in [3.05, 3.63) is 11.9 Å². The van der Waals surface area contributed by atoms with Crippen molar-refractivity contribution in [1.29, 1.82) is 0 Å². The first kappa shape index (κ1) is 13.6. The zero-order chi connectivity index (χ0) is 13.8. The average Bonchev–Trinajstić information content (AvgIpc) is 3.18. The van der Waals surface area contributed by atoms with Gasteiger partial charge in [0.25, 0.3) is 0 Å². The van der Waals surface area contributed by atoms with Crippen LogP contribution in [0, 0.1) is 6.92 Å². The fraction of sp³-hybridized carbons (Fsp3) is 0.615. The van der Waals surface area contributed by atoms with E-state index in [1.165, 1.54) is 6.33 Å². The Morgan fingerprint density at radius 1 is 1.53 bits per heavy atom. The predicted octanol–water partition coefficient (Wildman–Crippen LogP) is 1.26. The van der Waals surface area contributed by atoms with Gasteiger partial charge in [0.05, 0.1) is 12.2 Å². The second kappa shape index (κ2) is 5.86. The molecule has 0 saturated heterocycles. The van der Waals surface area contributed by atoms with Gasteiger partial charge >= 0.3 is 0 Å². The van der Waals surface area contributed by atoms with E-state index in [1.807, 2.05) is 20.8 Å². The van der Waals surface area contributed by atoms with Gasteiger partial charge in [-0.15, -0.1) is 0 Å². The molecule has 1 saturated carbocycles. The Kier molecular flexibility index (Phi) is 4.19. The van der Waals surface area contributed by atoms with Crippen LogP contribution in [0.15, 0.2) is 6.33 Å². The molecule has 2 rings (SSSR count). The first-order valence-electron chi connectivity index (χ1n) is 6.63. The number of nitrogens with one attached hydrogen (secondary N) is 2. The number of hydrogen-bond donors (Lipinski definition) is 2. The Morgan fingerprint density at radius 3 is 2.89 bits per heavy atom. The van der Waals surface area contributed by atoms with E-state index in [-0.39, 0.29) is 11.9 Å². The maximum absolute atomic E-state index is 11.9. The van der Waals surface area contributed by atoms with E-state index in [1.54, 1.807) is 0 Å². The van der Waals surface area contributed by atoms with Crippen LogP contribution in [0.2, 0.25) is 0 Å². The number of ether oxygens (including phenoxy) is 1. The van der Waals surface area contributed by atoms with Gasteiger partial charge in [0.15, 0.2) is 0 Å². The first-order chi connectivity index (χ1) is 9.11. The van der Waals surface area contributed by atoms with Gasteiger partial charge in [-0.3, -0.25) is 4.79 Å². The van der Waals surface area contributed by atoms with Crippen molar-refractivity contribution >= 4 is 11.7 Å². The van der Waals surface area contributed by atoms with Crippen LogP contribution in [-0.2, 0) is 4.79 Å². The molecular formula is C13H20N4O2. The summed E-state index contributed by atoms with van der Waals surface area (Å²) in [6.07, 6.45) is 3.60. The van der Waals surface area contributed by atoms with E-state index < -0.39 is 0 Å². The average molecular weight is 264 g/mol. The third-order valence-electron chi connectivity index (χ3n) is 2.99. The topological polar surface area (TPSA) is 76.1 Å². The van der Waals surface area contributed by atoms with Crippen molar-refractivity contribution in [3.8, 4) is 5.88 Å². The molecule has 1 aromatic rings. The van der Waals surface area contributed by atoms with Gasteiger partial charge in [-0.2, -0.15) is 0 Å². The molecule has 0 aliphatic heterocycles. The van der Waals surface area contributed by atoms with Crippen LogP contribution >= 0.6 is 0 Å². The highest BCUT2D eigenvalue weighted by atomic mass is 16.5. The molecule has 1 unspecified atom stereocenters. The molecule has 6 heteroatoms. The standard InChI is InChI=1S/C13H20N4O2/c1-4-19-13-8(2)11(14-7-15-13)16-9(3)12(18)17-10-5-6-10/h7,9-10H,4-6H2,1-3H3,(H,17,18)(H,14,15,16). The number of nitrogens with zero attached hydrogens (tertiary/aromatic N) is 2. The number of aromatic nitrogens is 2. The van der Waals surface area contributed by atoms with Gasteiger partial charge in [0.2, 0.25) is 11.8 Å². The predicted molar refractivity (Wildman–Crippen MR) is 72.2 cm³/mol. The summed E-state index contributed by atoms with van der Waals surface area (Å²) < 4.78 is 5.40.